The van der Waals surface area contributed by atoms with Gasteiger partial charge in [0.1, 0.15) is 12.4 Å². The Morgan fingerprint density at radius 1 is 1.33 bits per heavy atom. The molecule has 1 aromatic carbocycles. The van der Waals surface area contributed by atoms with Crippen molar-refractivity contribution < 1.29 is 4.74 Å². The number of aromatic nitrogens is 2. The molecule has 0 saturated carbocycles. The van der Waals surface area contributed by atoms with Crippen LogP contribution in [0.25, 0.3) is 5.69 Å². The predicted octanol–water partition coefficient (Wildman–Crippen LogP) is 2.38. The van der Waals surface area contributed by atoms with Gasteiger partial charge in [-0.2, -0.15) is 0 Å². The Balaban J connectivity index is 2.27. The fraction of sp³-hybridized carbons (Fsp3) is 0.250. The first-order chi connectivity index (χ1) is 7.24. The number of aryl methyl sites for hydroxylation is 2. The largest absolute Gasteiger partial charge is 0.483 e. The Morgan fingerprint density at radius 2 is 2.20 bits per heavy atom. The molecule has 0 spiro atoms. The number of ether oxygens (including phenoxy) is 1. The second-order valence-corrected chi connectivity index (χ2v) is 3.93. The highest BCUT2D eigenvalue weighted by atomic mass is 16.5. The summed E-state index contributed by atoms with van der Waals surface area (Å²) >= 11 is 0. The second kappa shape index (κ2) is 2.86. The number of nitrogens with zero attached hydrogens (tertiary/aromatic N) is 2. The Morgan fingerprint density at radius 3 is 3.07 bits per heavy atom. The maximum absolute atomic E-state index is 5.63. The van der Waals surface area contributed by atoms with E-state index in [2.05, 4.69) is 34.8 Å². The number of rotatable bonds is 0. The fourth-order valence-corrected chi connectivity index (χ4v) is 1.94. The number of hydrogen-bond acceptors (Lipinski definition) is 2. The van der Waals surface area contributed by atoms with E-state index in [9.17, 15) is 0 Å². The lowest BCUT2D eigenvalue weighted by Gasteiger charge is -2.19. The van der Waals surface area contributed by atoms with Gasteiger partial charge in [0, 0.05) is 6.20 Å². The number of imidazole rings is 1. The molecule has 2 heterocycles. The van der Waals surface area contributed by atoms with Crippen molar-refractivity contribution in [3.05, 3.63) is 41.5 Å². The standard InChI is InChI=1S/C12H12N2O/c1-8-3-4-11-10(5-8)14-6-9(2)13-12(14)7-15-11/h3-6H,7H2,1-2H3. The molecular formula is C12H12N2O. The fourth-order valence-electron chi connectivity index (χ4n) is 1.94. The number of hydrogen-bond donors (Lipinski definition) is 0. The van der Waals surface area contributed by atoms with Gasteiger partial charge in [0.25, 0.3) is 0 Å². The van der Waals surface area contributed by atoms with Crippen molar-refractivity contribution in [2.45, 2.75) is 20.5 Å². The molecule has 3 nitrogen and oxygen atoms in total. The van der Waals surface area contributed by atoms with E-state index in [1.807, 2.05) is 13.0 Å². The third-order valence-electron chi connectivity index (χ3n) is 2.63. The zero-order valence-electron chi connectivity index (χ0n) is 8.82. The third kappa shape index (κ3) is 1.23. The summed E-state index contributed by atoms with van der Waals surface area (Å²) in [6.45, 7) is 4.64. The molecule has 15 heavy (non-hydrogen) atoms. The minimum Gasteiger partial charge on any atom is -0.483 e. The molecule has 2 aromatic rings. The summed E-state index contributed by atoms with van der Waals surface area (Å²) in [5.41, 5.74) is 3.36. The first-order valence-electron chi connectivity index (χ1n) is 5.03. The Bertz CT molecular complexity index is 528. The van der Waals surface area contributed by atoms with Crippen molar-refractivity contribution in [3.63, 3.8) is 0 Å². The van der Waals surface area contributed by atoms with Crippen LogP contribution in [-0.4, -0.2) is 9.55 Å². The summed E-state index contributed by atoms with van der Waals surface area (Å²) in [6, 6.07) is 6.20. The third-order valence-corrected chi connectivity index (χ3v) is 2.63. The summed E-state index contributed by atoms with van der Waals surface area (Å²) in [5, 5.41) is 0. The minimum atomic E-state index is 0.559. The van der Waals surface area contributed by atoms with Crippen molar-refractivity contribution in [2.24, 2.45) is 0 Å². The maximum Gasteiger partial charge on any atom is 0.151 e. The molecule has 3 rings (SSSR count). The highest BCUT2D eigenvalue weighted by Crippen LogP contribution is 2.30. The average molecular weight is 200 g/mol. The highest BCUT2D eigenvalue weighted by Gasteiger charge is 2.17. The zero-order valence-corrected chi connectivity index (χ0v) is 8.82. The summed E-state index contributed by atoms with van der Waals surface area (Å²) in [7, 11) is 0. The average Bonchev–Trinajstić information content (AvgIpc) is 2.58. The van der Waals surface area contributed by atoms with E-state index in [4.69, 9.17) is 4.74 Å². The number of benzene rings is 1. The van der Waals surface area contributed by atoms with E-state index in [0.29, 0.717) is 6.61 Å². The minimum absolute atomic E-state index is 0.559. The van der Waals surface area contributed by atoms with E-state index >= 15 is 0 Å². The zero-order chi connectivity index (χ0) is 10.4. The smallest absolute Gasteiger partial charge is 0.151 e. The molecule has 0 fully saturated rings. The van der Waals surface area contributed by atoms with Gasteiger partial charge < -0.3 is 4.74 Å². The van der Waals surface area contributed by atoms with Gasteiger partial charge in [-0.3, -0.25) is 4.57 Å². The van der Waals surface area contributed by atoms with Gasteiger partial charge in [-0.15, -0.1) is 0 Å². The molecule has 0 N–H and O–H groups in total. The van der Waals surface area contributed by atoms with E-state index < -0.39 is 0 Å². The van der Waals surface area contributed by atoms with Gasteiger partial charge in [-0.1, -0.05) is 6.07 Å². The van der Waals surface area contributed by atoms with Gasteiger partial charge in [0.05, 0.1) is 11.4 Å². The maximum atomic E-state index is 5.63. The topological polar surface area (TPSA) is 27.1 Å². The lowest BCUT2D eigenvalue weighted by atomic mass is 10.2. The molecule has 0 bridgehead atoms. The Kier molecular flexibility index (Phi) is 1.63. The first-order valence-corrected chi connectivity index (χ1v) is 5.03. The normalized spacial score (nSPS) is 12.9. The summed E-state index contributed by atoms with van der Waals surface area (Å²) in [5.74, 6) is 1.91. The van der Waals surface area contributed by atoms with Gasteiger partial charge >= 0.3 is 0 Å². The quantitative estimate of drug-likeness (QED) is 0.652. The first kappa shape index (κ1) is 8.53. The molecule has 1 aliphatic rings. The van der Waals surface area contributed by atoms with E-state index in [0.717, 1.165) is 23.0 Å². The SMILES string of the molecule is Cc1ccc2c(c1)-n1cc(C)nc1CO2. The van der Waals surface area contributed by atoms with Crippen molar-refractivity contribution in [2.75, 3.05) is 0 Å². The Hall–Kier alpha value is -1.77. The van der Waals surface area contributed by atoms with Gasteiger partial charge in [0.15, 0.2) is 5.82 Å². The van der Waals surface area contributed by atoms with Crippen molar-refractivity contribution in [3.8, 4) is 11.4 Å². The van der Waals surface area contributed by atoms with Crippen LogP contribution >= 0.6 is 0 Å². The summed E-state index contributed by atoms with van der Waals surface area (Å²) in [6.07, 6.45) is 2.05. The molecule has 0 unspecified atom stereocenters. The van der Waals surface area contributed by atoms with Crippen LogP contribution in [-0.2, 0) is 6.61 Å². The molecule has 1 aromatic heterocycles. The van der Waals surface area contributed by atoms with Crippen LogP contribution in [0.15, 0.2) is 24.4 Å². The van der Waals surface area contributed by atoms with E-state index in [1.165, 1.54) is 5.56 Å². The van der Waals surface area contributed by atoms with Crippen LogP contribution < -0.4 is 4.74 Å². The van der Waals surface area contributed by atoms with Gasteiger partial charge in [0.2, 0.25) is 0 Å². The van der Waals surface area contributed by atoms with Crippen LogP contribution in [0.4, 0.5) is 0 Å². The lowest BCUT2D eigenvalue weighted by Crippen LogP contribution is -2.12. The van der Waals surface area contributed by atoms with E-state index in [1.54, 1.807) is 0 Å². The van der Waals surface area contributed by atoms with Crippen molar-refractivity contribution >= 4 is 0 Å². The van der Waals surface area contributed by atoms with Crippen LogP contribution in [0.3, 0.4) is 0 Å². The predicted molar refractivity (Wildman–Crippen MR) is 57.4 cm³/mol. The molecule has 3 heteroatoms. The van der Waals surface area contributed by atoms with Crippen LogP contribution in [0.2, 0.25) is 0 Å². The molecule has 0 saturated heterocycles. The van der Waals surface area contributed by atoms with Gasteiger partial charge in [-0.05, 0) is 31.5 Å². The van der Waals surface area contributed by atoms with Crippen LogP contribution in [0.1, 0.15) is 17.1 Å². The molecule has 76 valence electrons. The molecule has 0 radical (unpaired) electrons. The molecule has 0 aliphatic carbocycles. The van der Waals surface area contributed by atoms with E-state index in [-0.39, 0.29) is 0 Å². The highest BCUT2D eigenvalue weighted by molar-refractivity contribution is 5.51. The van der Waals surface area contributed by atoms with Crippen molar-refractivity contribution in [1.29, 1.82) is 0 Å². The van der Waals surface area contributed by atoms with Crippen LogP contribution in [0.5, 0.6) is 5.75 Å². The monoisotopic (exact) mass is 200 g/mol. The molecule has 0 amide bonds. The Labute approximate surface area is 88.3 Å². The summed E-state index contributed by atoms with van der Waals surface area (Å²) < 4.78 is 7.75. The molecule has 0 atom stereocenters. The number of fused-ring (bicyclic) bond motifs is 3. The van der Waals surface area contributed by atoms with Gasteiger partial charge in [-0.25, -0.2) is 4.98 Å². The molecule has 1 aliphatic heterocycles. The summed E-state index contributed by atoms with van der Waals surface area (Å²) in [4.78, 5) is 4.42. The lowest BCUT2D eigenvalue weighted by molar-refractivity contribution is 0.279. The molecular weight excluding hydrogens is 188 g/mol. The second-order valence-electron chi connectivity index (χ2n) is 3.93. The van der Waals surface area contributed by atoms with Crippen LogP contribution in [0, 0.1) is 13.8 Å². The van der Waals surface area contributed by atoms with Crippen molar-refractivity contribution in [1.82, 2.24) is 9.55 Å².